The third-order valence-corrected chi connectivity index (χ3v) is 7.41. The molecule has 2 aromatic rings. The molecule has 3 N–H and O–H groups in total. The number of amidine groups is 1. The summed E-state index contributed by atoms with van der Waals surface area (Å²) in [5, 5.41) is 3.18. The van der Waals surface area contributed by atoms with Crippen LogP contribution in [0.1, 0.15) is 28.0 Å². The standard InChI is InChI=1S/C22H20FN5O3S/c1-3-4-31-18-10-25-16(9-26-18)19(29)27-12-5-14-13(15(23)6-12)7-22(14)17-8-21(17,11-30-2)32-20(24)28-22/h1,5-6,9-10,17H,4,7-8,11H2,2H3,(H2,24,28)(H,27,29)/t17-,21-,22-/m1/s1. The maximum absolute atomic E-state index is 14.8. The third kappa shape index (κ3) is 3.20. The van der Waals surface area contributed by atoms with Crippen LogP contribution < -0.4 is 15.8 Å². The number of terminal acetylenes is 1. The van der Waals surface area contributed by atoms with Crippen molar-refractivity contribution in [1.82, 2.24) is 9.97 Å². The summed E-state index contributed by atoms with van der Waals surface area (Å²) in [5.74, 6) is 1.85. The smallest absolute Gasteiger partial charge is 0.275 e. The number of fused-ring (bicyclic) bond motifs is 4. The van der Waals surface area contributed by atoms with E-state index in [1.807, 2.05) is 0 Å². The van der Waals surface area contributed by atoms with Gasteiger partial charge < -0.3 is 20.5 Å². The number of nitrogens with one attached hydrogen (secondary N) is 1. The van der Waals surface area contributed by atoms with Gasteiger partial charge in [-0.25, -0.2) is 14.4 Å². The van der Waals surface area contributed by atoms with E-state index in [9.17, 15) is 9.18 Å². The van der Waals surface area contributed by atoms with Gasteiger partial charge in [0.1, 0.15) is 11.5 Å². The van der Waals surface area contributed by atoms with Crippen LogP contribution in [-0.2, 0) is 16.7 Å². The highest BCUT2D eigenvalue weighted by molar-refractivity contribution is 8.15. The third-order valence-electron chi connectivity index (χ3n) is 6.14. The topological polar surface area (TPSA) is 112 Å². The minimum atomic E-state index is -0.569. The van der Waals surface area contributed by atoms with Crippen LogP contribution >= 0.6 is 11.8 Å². The molecule has 0 radical (unpaired) electrons. The van der Waals surface area contributed by atoms with Crippen molar-refractivity contribution < 1.29 is 18.7 Å². The number of halogens is 1. The molecule has 0 saturated heterocycles. The Kier molecular flexibility index (Phi) is 4.83. The molecule has 3 atom stereocenters. The molecular weight excluding hydrogens is 433 g/mol. The second kappa shape index (κ2) is 7.46. The number of carbonyl (C=O) groups excluding carboxylic acids is 1. The zero-order valence-electron chi connectivity index (χ0n) is 17.2. The van der Waals surface area contributed by atoms with Gasteiger partial charge in [0.2, 0.25) is 5.88 Å². The second-order valence-corrected chi connectivity index (χ2v) is 9.51. The lowest BCUT2D eigenvalue weighted by molar-refractivity contribution is 0.102. The number of nitrogens with two attached hydrogens (primary N) is 1. The Hall–Kier alpha value is -3.16. The molecular formula is C22H20FN5O3S. The minimum absolute atomic E-state index is 0.0501. The summed E-state index contributed by atoms with van der Waals surface area (Å²) in [6.45, 7) is 0.614. The Balaban J connectivity index is 1.39. The van der Waals surface area contributed by atoms with Crippen LogP contribution in [0, 0.1) is 24.1 Å². The van der Waals surface area contributed by atoms with E-state index >= 15 is 0 Å². The van der Waals surface area contributed by atoms with E-state index in [0.717, 1.165) is 12.0 Å². The van der Waals surface area contributed by atoms with Crippen molar-refractivity contribution in [3.8, 4) is 18.2 Å². The van der Waals surface area contributed by atoms with Gasteiger partial charge in [-0.05, 0) is 29.7 Å². The van der Waals surface area contributed by atoms with E-state index in [-0.39, 0.29) is 34.7 Å². The van der Waals surface area contributed by atoms with Crippen molar-refractivity contribution in [2.45, 2.75) is 23.1 Å². The second-order valence-electron chi connectivity index (χ2n) is 8.08. The van der Waals surface area contributed by atoms with Crippen LogP contribution in [0.5, 0.6) is 5.88 Å². The van der Waals surface area contributed by atoms with Crippen molar-refractivity contribution in [3.63, 3.8) is 0 Å². The molecule has 32 heavy (non-hydrogen) atoms. The van der Waals surface area contributed by atoms with E-state index in [4.69, 9.17) is 26.6 Å². The molecule has 1 spiro atoms. The number of aromatic nitrogens is 2. The summed E-state index contributed by atoms with van der Waals surface area (Å²) in [7, 11) is 1.66. The van der Waals surface area contributed by atoms with E-state index in [0.29, 0.717) is 29.4 Å². The van der Waals surface area contributed by atoms with Gasteiger partial charge in [-0.1, -0.05) is 17.7 Å². The van der Waals surface area contributed by atoms with Crippen molar-refractivity contribution in [1.29, 1.82) is 0 Å². The molecule has 1 saturated carbocycles. The number of nitrogens with zero attached hydrogens (tertiary/aromatic N) is 3. The van der Waals surface area contributed by atoms with E-state index < -0.39 is 11.4 Å². The number of aliphatic imine (C=N–C) groups is 1. The van der Waals surface area contributed by atoms with E-state index in [1.54, 1.807) is 13.2 Å². The Morgan fingerprint density at radius 2 is 2.28 bits per heavy atom. The van der Waals surface area contributed by atoms with Gasteiger partial charge in [0.25, 0.3) is 5.91 Å². The Morgan fingerprint density at radius 3 is 3.00 bits per heavy atom. The molecule has 10 heteroatoms. The lowest BCUT2D eigenvalue weighted by Crippen LogP contribution is -2.47. The maximum atomic E-state index is 14.8. The number of anilines is 1. The summed E-state index contributed by atoms with van der Waals surface area (Å²) in [5.41, 5.74) is 7.34. The van der Waals surface area contributed by atoms with Gasteiger partial charge in [-0.15, -0.1) is 6.42 Å². The number of ether oxygens (including phenoxy) is 2. The molecule has 0 unspecified atom stereocenters. The first-order valence-corrected chi connectivity index (χ1v) is 10.8. The maximum Gasteiger partial charge on any atom is 0.275 e. The molecule has 2 heterocycles. The Morgan fingerprint density at radius 1 is 1.44 bits per heavy atom. The lowest BCUT2D eigenvalue weighted by atomic mass is 9.67. The van der Waals surface area contributed by atoms with E-state index in [1.165, 1.54) is 30.2 Å². The summed E-state index contributed by atoms with van der Waals surface area (Å²) in [6, 6.07) is 3.08. The fourth-order valence-electron chi connectivity index (χ4n) is 4.70. The van der Waals surface area contributed by atoms with Crippen LogP contribution in [0.15, 0.2) is 29.5 Å². The van der Waals surface area contributed by atoms with E-state index in [2.05, 4.69) is 21.2 Å². The van der Waals surface area contributed by atoms with Gasteiger partial charge in [-0.2, -0.15) is 0 Å². The van der Waals surface area contributed by atoms with Crippen LogP contribution in [-0.4, -0.2) is 46.1 Å². The first-order chi connectivity index (χ1) is 15.4. The van der Waals surface area contributed by atoms with Crippen molar-refractivity contribution >= 4 is 28.5 Å². The predicted molar refractivity (Wildman–Crippen MR) is 118 cm³/mol. The first kappa shape index (κ1) is 20.7. The molecule has 164 valence electrons. The van der Waals surface area contributed by atoms with Gasteiger partial charge in [0.15, 0.2) is 11.8 Å². The summed E-state index contributed by atoms with van der Waals surface area (Å²) >= 11 is 1.54. The number of hydrogen-bond acceptors (Lipinski definition) is 8. The highest BCUT2D eigenvalue weighted by atomic mass is 32.2. The van der Waals surface area contributed by atoms with Gasteiger partial charge in [0.05, 0.1) is 29.3 Å². The number of methoxy groups -OCH3 is 1. The van der Waals surface area contributed by atoms with Gasteiger partial charge in [0, 0.05) is 25.1 Å². The Bertz CT molecular complexity index is 1180. The fourth-order valence-corrected chi connectivity index (χ4v) is 6.09. The quantitative estimate of drug-likeness (QED) is 0.644. The summed E-state index contributed by atoms with van der Waals surface area (Å²) in [4.78, 5) is 25.4. The molecule has 5 rings (SSSR count). The van der Waals surface area contributed by atoms with Gasteiger partial charge in [-0.3, -0.25) is 9.79 Å². The molecule has 1 fully saturated rings. The molecule has 0 bridgehead atoms. The first-order valence-electron chi connectivity index (χ1n) is 9.96. The van der Waals surface area contributed by atoms with Crippen molar-refractivity contribution in [2.24, 2.45) is 16.6 Å². The number of rotatable bonds is 6. The fraction of sp³-hybridized carbons (Fsp3) is 0.364. The monoisotopic (exact) mass is 453 g/mol. The van der Waals surface area contributed by atoms with Crippen molar-refractivity contribution in [2.75, 3.05) is 25.6 Å². The van der Waals surface area contributed by atoms with Gasteiger partial charge >= 0.3 is 0 Å². The molecule has 1 aromatic heterocycles. The van der Waals surface area contributed by atoms with Crippen LogP contribution in [0.25, 0.3) is 0 Å². The summed E-state index contributed by atoms with van der Waals surface area (Å²) < 4.78 is 25.3. The zero-order valence-corrected chi connectivity index (χ0v) is 18.0. The Labute approximate surface area is 188 Å². The highest BCUT2D eigenvalue weighted by Gasteiger charge is 2.70. The van der Waals surface area contributed by atoms with Crippen LogP contribution in [0.4, 0.5) is 10.1 Å². The number of thioether (sulfide) groups is 1. The predicted octanol–water partition coefficient (Wildman–Crippen LogP) is 2.10. The normalized spacial score (nSPS) is 26.8. The zero-order chi connectivity index (χ0) is 22.5. The molecule has 1 amide bonds. The molecule has 8 nitrogen and oxygen atoms in total. The summed E-state index contributed by atoms with van der Waals surface area (Å²) in [6.07, 6.45) is 9.10. The molecule has 3 aliphatic rings. The number of amides is 1. The number of hydrogen-bond donors (Lipinski definition) is 2. The van der Waals surface area contributed by atoms with Crippen molar-refractivity contribution in [3.05, 3.63) is 47.2 Å². The van der Waals surface area contributed by atoms with Crippen LogP contribution in [0.2, 0.25) is 0 Å². The number of benzene rings is 1. The molecule has 2 aliphatic carbocycles. The lowest BCUT2D eigenvalue weighted by Gasteiger charge is -2.45. The van der Waals surface area contributed by atoms with Crippen LogP contribution in [0.3, 0.4) is 0 Å². The SMILES string of the molecule is C#CCOc1cnc(C(=O)Nc2cc(F)c3c(c2)[C@@]2(C3)N=C(N)S[C@@]3(COC)C[C@H]32)cn1. The average Bonchev–Trinajstić information content (AvgIpc) is 3.47. The highest BCUT2D eigenvalue weighted by Crippen LogP contribution is 2.69. The minimum Gasteiger partial charge on any atom is -0.463 e. The largest absolute Gasteiger partial charge is 0.463 e. The molecule has 1 aromatic carbocycles. The number of carbonyl (C=O) groups is 1. The average molecular weight is 453 g/mol. The molecule has 1 aliphatic heterocycles.